The van der Waals surface area contributed by atoms with Crippen LogP contribution in [0.2, 0.25) is 0 Å². The highest BCUT2D eigenvalue weighted by atomic mass is 16.2. The zero-order chi connectivity index (χ0) is 16.6. The van der Waals surface area contributed by atoms with Gasteiger partial charge in [0.25, 0.3) is 5.91 Å². The fourth-order valence-electron chi connectivity index (χ4n) is 3.26. The minimum Gasteiger partial charge on any atom is -0.338 e. The highest BCUT2D eigenvalue weighted by Gasteiger charge is 2.42. The number of piperazine rings is 1. The molecule has 2 amide bonds. The van der Waals surface area contributed by atoms with E-state index in [1.54, 1.807) is 6.20 Å². The molecule has 23 heavy (non-hydrogen) atoms. The second-order valence-electron chi connectivity index (χ2n) is 7.21. The lowest BCUT2D eigenvalue weighted by molar-refractivity contribution is -0.136. The number of carbonyl (C=O) groups is 2. The van der Waals surface area contributed by atoms with Gasteiger partial charge in [-0.3, -0.25) is 14.6 Å². The SMILES string of the molecule is CCc1ccnc(C(=O)N2CCN(C(=O)C3CC3)CC2(C)C)c1. The third kappa shape index (κ3) is 3.23. The molecule has 0 atom stereocenters. The normalized spacial score (nSPS) is 20.5. The largest absolute Gasteiger partial charge is 0.338 e. The van der Waals surface area contributed by atoms with Crippen LogP contribution in [0.5, 0.6) is 0 Å². The maximum absolute atomic E-state index is 12.9. The van der Waals surface area contributed by atoms with Crippen LogP contribution in [0.25, 0.3) is 0 Å². The summed E-state index contributed by atoms with van der Waals surface area (Å²) in [6, 6.07) is 3.81. The number of rotatable bonds is 3. The molecule has 2 heterocycles. The van der Waals surface area contributed by atoms with E-state index in [1.165, 1.54) is 0 Å². The summed E-state index contributed by atoms with van der Waals surface area (Å²) in [5.74, 6) is 0.455. The lowest BCUT2D eigenvalue weighted by atomic mass is 9.97. The number of nitrogens with zero attached hydrogens (tertiary/aromatic N) is 3. The fourth-order valence-corrected chi connectivity index (χ4v) is 3.26. The van der Waals surface area contributed by atoms with Gasteiger partial charge in [-0.1, -0.05) is 6.92 Å². The number of amides is 2. The van der Waals surface area contributed by atoms with Gasteiger partial charge in [0, 0.05) is 31.7 Å². The maximum Gasteiger partial charge on any atom is 0.273 e. The highest BCUT2D eigenvalue weighted by molar-refractivity contribution is 5.93. The van der Waals surface area contributed by atoms with Crippen LogP contribution in [0.4, 0.5) is 0 Å². The Morgan fingerprint density at radius 2 is 2.04 bits per heavy atom. The summed E-state index contributed by atoms with van der Waals surface area (Å²) in [4.78, 5) is 33.2. The van der Waals surface area contributed by atoms with Gasteiger partial charge < -0.3 is 9.80 Å². The minimum atomic E-state index is -0.371. The van der Waals surface area contributed by atoms with E-state index < -0.39 is 0 Å². The van der Waals surface area contributed by atoms with Crippen LogP contribution in [-0.2, 0) is 11.2 Å². The van der Waals surface area contributed by atoms with Crippen molar-refractivity contribution in [1.29, 1.82) is 0 Å². The first-order valence-corrected chi connectivity index (χ1v) is 8.48. The van der Waals surface area contributed by atoms with Gasteiger partial charge in [-0.2, -0.15) is 0 Å². The zero-order valence-electron chi connectivity index (χ0n) is 14.2. The van der Waals surface area contributed by atoms with Gasteiger partial charge in [-0.15, -0.1) is 0 Å². The number of hydrogen-bond donors (Lipinski definition) is 0. The number of aromatic nitrogens is 1. The van der Waals surface area contributed by atoms with E-state index >= 15 is 0 Å². The number of aryl methyl sites for hydroxylation is 1. The zero-order valence-corrected chi connectivity index (χ0v) is 14.2. The molecule has 5 nitrogen and oxygen atoms in total. The molecule has 0 aromatic carbocycles. The standard InChI is InChI=1S/C18H25N3O2/c1-4-13-7-8-19-15(11-13)17(23)21-10-9-20(12-18(21,2)3)16(22)14-5-6-14/h7-8,11,14H,4-6,9-10,12H2,1-3H3. The Hall–Kier alpha value is -1.91. The Bertz CT molecular complexity index is 622. The van der Waals surface area contributed by atoms with Crippen LogP contribution in [0.1, 0.15) is 49.7 Å². The first-order chi connectivity index (χ1) is 10.9. The van der Waals surface area contributed by atoms with Crippen molar-refractivity contribution in [2.45, 2.75) is 45.6 Å². The fraction of sp³-hybridized carbons (Fsp3) is 0.611. The predicted molar refractivity (Wildman–Crippen MR) is 88.0 cm³/mol. The van der Waals surface area contributed by atoms with Gasteiger partial charge in [0.05, 0.1) is 5.54 Å². The van der Waals surface area contributed by atoms with Crippen LogP contribution in [-0.4, -0.2) is 51.8 Å². The Kier molecular flexibility index (Phi) is 4.13. The van der Waals surface area contributed by atoms with E-state index in [2.05, 4.69) is 11.9 Å². The Morgan fingerprint density at radius 1 is 1.30 bits per heavy atom. The second kappa shape index (κ2) is 5.95. The molecule has 1 saturated carbocycles. The summed E-state index contributed by atoms with van der Waals surface area (Å²) >= 11 is 0. The van der Waals surface area contributed by atoms with Gasteiger partial charge in [0.2, 0.25) is 5.91 Å². The summed E-state index contributed by atoms with van der Waals surface area (Å²) in [6.07, 6.45) is 4.63. The molecule has 1 aromatic heterocycles. The van der Waals surface area contributed by atoms with Crippen molar-refractivity contribution >= 4 is 11.8 Å². The van der Waals surface area contributed by atoms with Gasteiger partial charge in [0.1, 0.15) is 5.69 Å². The molecule has 0 unspecified atom stereocenters. The number of carbonyl (C=O) groups excluding carboxylic acids is 2. The number of hydrogen-bond acceptors (Lipinski definition) is 3. The molecular formula is C18H25N3O2. The van der Waals surface area contributed by atoms with Crippen LogP contribution in [0.3, 0.4) is 0 Å². The van der Waals surface area contributed by atoms with Gasteiger partial charge >= 0.3 is 0 Å². The monoisotopic (exact) mass is 315 g/mol. The molecule has 1 aromatic rings. The van der Waals surface area contributed by atoms with Crippen molar-refractivity contribution in [3.8, 4) is 0 Å². The van der Waals surface area contributed by atoms with Crippen molar-refractivity contribution in [3.05, 3.63) is 29.6 Å². The summed E-state index contributed by atoms with van der Waals surface area (Å²) in [6.45, 7) is 7.92. The van der Waals surface area contributed by atoms with Crippen molar-refractivity contribution in [2.24, 2.45) is 5.92 Å². The highest BCUT2D eigenvalue weighted by Crippen LogP contribution is 2.33. The topological polar surface area (TPSA) is 53.5 Å². The first kappa shape index (κ1) is 16.0. The van der Waals surface area contributed by atoms with E-state index in [1.807, 2.05) is 35.8 Å². The average Bonchev–Trinajstić information content (AvgIpc) is 3.37. The molecule has 1 saturated heterocycles. The van der Waals surface area contributed by atoms with Crippen LogP contribution >= 0.6 is 0 Å². The van der Waals surface area contributed by atoms with Crippen molar-refractivity contribution in [2.75, 3.05) is 19.6 Å². The number of pyridine rings is 1. The molecule has 1 aliphatic carbocycles. The van der Waals surface area contributed by atoms with E-state index in [0.29, 0.717) is 25.3 Å². The first-order valence-electron chi connectivity index (χ1n) is 8.48. The molecule has 3 rings (SSSR count). The summed E-state index contributed by atoms with van der Waals surface area (Å²) in [5.41, 5.74) is 1.24. The van der Waals surface area contributed by atoms with Crippen LogP contribution < -0.4 is 0 Å². The molecular weight excluding hydrogens is 290 g/mol. The molecule has 1 aliphatic heterocycles. The Morgan fingerprint density at radius 3 is 2.65 bits per heavy atom. The van der Waals surface area contributed by atoms with Crippen molar-refractivity contribution < 1.29 is 9.59 Å². The molecule has 0 bridgehead atoms. The molecule has 0 radical (unpaired) electrons. The molecule has 5 heteroatoms. The average molecular weight is 315 g/mol. The lowest BCUT2D eigenvalue weighted by Crippen LogP contribution is -2.62. The van der Waals surface area contributed by atoms with E-state index in [-0.39, 0.29) is 23.3 Å². The van der Waals surface area contributed by atoms with Crippen molar-refractivity contribution in [1.82, 2.24) is 14.8 Å². The molecule has 0 N–H and O–H groups in total. The summed E-state index contributed by atoms with van der Waals surface area (Å²) < 4.78 is 0. The maximum atomic E-state index is 12.9. The van der Waals surface area contributed by atoms with E-state index in [9.17, 15) is 9.59 Å². The molecule has 2 aliphatic rings. The summed E-state index contributed by atoms with van der Waals surface area (Å²) in [5, 5.41) is 0. The van der Waals surface area contributed by atoms with Gasteiger partial charge in [-0.25, -0.2) is 0 Å². The van der Waals surface area contributed by atoms with Crippen LogP contribution in [0, 0.1) is 5.92 Å². The molecule has 124 valence electrons. The van der Waals surface area contributed by atoms with E-state index in [4.69, 9.17) is 0 Å². The van der Waals surface area contributed by atoms with E-state index in [0.717, 1.165) is 24.8 Å². The third-order valence-corrected chi connectivity index (χ3v) is 4.84. The minimum absolute atomic E-state index is 0.0381. The van der Waals surface area contributed by atoms with Gasteiger partial charge in [-0.05, 0) is 50.8 Å². The quantitative estimate of drug-likeness (QED) is 0.858. The van der Waals surface area contributed by atoms with Crippen LogP contribution in [0.15, 0.2) is 18.3 Å². The lowest BCUT2D eigenvalue weighted by Gasteiger charge is -2.47. The Labute approximate surface area is 137 Å². The second-order valence-corrected chi connectivity index (χ2v) is 7.21. The Balaban J connectivity index is 1.74. The molecule has 0 spiro atoms. The summed E-state index contributed by atoms with van der Waals surface area (Å²) in [7, 11) is 0. The predicted octanol–water partition coefficient (Wildman–Crippen LogP) is 2.12. The molecule has 2 fully saturated rings. The van der Waals surface area contributed by atoms with Crippen molar-refractivity contribution in [3.63, 3.8) is 0 Å². The van der Waals surface area contributed by atoms with Gasteiger partial charge in [0.15, 0.2) is 0 Å². The third-order valence-electron chi connectivity index (χ3n) is 4.84. The smallest absolute Gasteiger partial charge is 0.273 e.